The van der Waals surface area contributed by atoms with E-state index in [9.17, 15) is 14.9 Å². The van der Waals surface area contributed by atoms with E-state index in [0.717, 1.165) is 0 Å². The zero-order valence-corrected chi connectivity index (χ0v) is 14.6. The van der Waals surface area contributed by atoms with Crippen molar-refractivity contribution in [2.75, 3.05) is 19.5 Å². The zero-order chi connectivity index (χ0) is 19.4. The number of ether oxygens (including phenoxy) is 2. The first-order valence-electron chi connectivity index (χ1n) is 7.83. The van der Waals surface area contributed by atoms with Crippen LogP contribution in [0.4, 0.5) is 11.4 Å². The van der Waals surface area contributed by atoms with Gasteiger partial charge >= 0.3 is 0 Å². The van der Waals surface area contributed by atoms with Gasteiger partial charge in [-0.25, -0.2) is 4.98 Å². The first kappa shape index (κ1) is 17.9. The van der Waals surface area contributed by atoms with Gasteiger partial charge in [-0.05, 0) is 6.07 Å². The van der Waals surface area contributed by atoms with Crippen LogP contribution in [-0.4, -0.2) is 34.6 Å². The third kappa shape index (κ3) is 3.71. The first-order chi connectivity index (χ1) is 13.0. The second-order valence-corrected chi connectivity index (χ2v) is 5.46. The van der Waals surface area contributed by atoms with Crippen molar-refractivity contribution in [3.05, 3.63) is 70.8 Å². The number of carbonyl (C=O) groups excluding carboxylic acids is 1. The van der Waals surface area contributed by atoms with Gasteiger partial charge in [-0.15, -0.1) is 0 Å². The minimum atomic E-state index is -0.553. The molecule has 1 aromatic heterocycles. The number of carbonyl (C=O) groups is 1. The number of amides is 1. The minimum absolute atomic E-state index is 0.159. The number of rotatable bonds is 6. The van der Waals surface area contributed by atoms with E-state index in [4.69, 9.17) is 9.47 Å². The molecule has 1 N–H and O–H groups in total. The number of benzene rings is 2. The SMILES string of the molecule is COc1cc(NC(=O)c2cccc([N+](=O)[O-])c2)cc(OC)c1-n1ccnc1. The van der Waals surface area contributed by atoms with Crippen molar-refractivity contribution in [2.24, 2.45) is 0 Å². The molecule has 9 nitrogen and oxygen atoms in total. The van der Waals surface area contributed by atoms with Gasteiger partial charge < -0.3 is 14.8 Å². The summed E-state index contributed by atoms with van der Waals surface area (Å²) in [6, 6.07) is 8.75. The summed E-state index contributed by atoms with van der Waals surface area (Å²) >= 11 is 0. The van der Waals surface area contributed by atoms with Gasteiger partial charge in [-0.3, -0.25) is 19.5 Å². The highest BCUT2D eigenvalue weighted by Gasteiger charge is 2.17. The number of hydrogen-bond donors (Lipinski definition) is 1. The molecule has 0 aliphatic carbocycles. The lowest BCUT2D eigenvalue weighted by atomic mass is 10.1. The summed E-state index contributed by atoms with van der Waals surface area (Å²) in [5.41, 5.74) is 1.06. The fourth-order valence-corrected chi connectivity index (χ4v) is 2.58. The molecule has 0 radical (unpaired) electrons. The minimum Gasteiger partial charge on any atom is -0.494 e. The molecule has 3 rings (SSSR count). The lowest BCUT2D eigenvalue weighted by Crippen LogP contribution is -2.13. The van der Waals surface area contributed by atoms with Gasteiger partial charge in [0.2, 0.25) is 0 Å². The Balaban J connectivity index is 1.94. The van der Waals surface area contributed by atoms with Crippen LogP contribution in [0.1, 0.15) is 10.4 Å². The van der Waals surface area contributed by atoms with E-state index >= 15 is 0 Å². The zero-order valence-electron chi connectivity index (χ0n) is 14.6. The summed E-state index contributed by atoms with van der Waals surface area (Å²) < 4.78 is 12.6. The molecule has 9 heteroatoms. The summed E-state index contributed by atoms with van der Waals surface area (Å²) in [7, 11) is 3.00. The van der Waals surface area contributed by atoms with Crippen LogP contribution in [-0.2, 0) is 0 Å². The van der Waals surface area contributed by atoms with Gasteiger partial charge in [-0.2, -0.15) is 0 Å². The second-order valence-electron chi connectivity index (χ2n) is 5.46. The van der Waals surface area contributed by atoms with Gasteiger partial charge in [0.05, 0.1) is 25.5 Å². The van der Waals surface area contributed by atoms with Crippen LogP contribution in [0.5, 0.6) is 11.5 Å². The number of methoxy groups -OCH3 is 2. The Morgan fingerprint density at radius 1 is 1.19 bits per heavy atom. The number of hydrogen-bond acceptors (Lipinski definition) is 6. The molecule has 1 heterocycles. The van der Waals surface area contributed by atoms with E-state index in [1.807, 2.05) is 0 Å². The van der Waals surface area contributed by atoms with E-state index in [1.165, 1.54) is 38.5 Å². The smallest absolute Gasteiger partial charge is 0.270 e. The molecule has 0 saturated carbocycles. The van der Waals surface area contributed by atoms with Crippen molar-refractivity contribution < 1.29 is 19.2 Å². The highest BCUT2D eigenvalue weighted by Crippen LogP contribution is 2.36. The van der Waals surface area contributed by atoms with Crippen LogP contribution < -0.4 is 14.8 Å². The van der Waals surface area contributed by atoms with Crippen LogP contribution in [0.25, 0.3) is 5.69 Å². The van der Waals surface area contributed by atoms with Crippen molar-refractivity contribution in [3.8, 4) is 17.2 Å². The standard InChI is InChI=1S/C18H16N4O5/c1-26-15-9-13(10-16(27-2)17(15)21-7-6-19-11-21)20-18(23)12-4-3-5-14(8-12)22(24)25/h3-11H,1-2H3,(H,20,23). The Morgan fingerprint density at radius 2 is 1.89 bits per heavy atom. The van der Waals surface area contributed by atoms with Crippen molar-refractivity contribution in [1.29, 1.82) is 0 Å². The Morgan fingerprint density at radius 3 is 2.44 bits per heavy atom. The summed E-state index contributed by atoms with van der Waals surface area (Å²) in [4.78, 5) is 26.8. The predicted molar refractivity (Wildman–Crippen MR) is 97.7 cm³/mol. The van der Waals surface area contributed by atoms with Crippen molar-refractivity contribution in [1.82, 2.24) is 9.55 Å². The number of anilines is 1. The molecule has 0 saturated heterocycles. The van der Waals surface area contributed by atoms with E-state index < -0.39 is 10.8 Å². The van der Waals surface area contributed by atoms with Crippen molar-refractivity contribution in [3.63, 3.8) is 0 Å². The van der Waals surface area contributed by atoms with Crippen LogP contribution in [0.15, 0.2) is 55.1 Å². The third-order valence-electron chi connectivity index (χ3n) is 3.82. The van der Waals surface area contributed by atoms with E-state index in [0.29, 0.717) is 22.9 Å². The van der Waals surface area contributed by atoms with E-state index in [-0.39, 0.29) is 11.3 Å². The molecule has 1 amide bonds. The Kier molecular flexibility index (Phi) is 5.02. The Bertz CT molecular complexity index is 960. The van der Waals surface area contributed by atoms with Gasteiger partial charge in [-0.1, -0.05) is 6.07 Å². The highest BCUT2D eigenvalue weighted by molar-refractivity contribution is 6.05. The molecule has 0 atom stereocenters. The van der Waals surface area contributed by atoms with Crippen LogP contribution in [0.2, 0.25) is 0 Å². The van der Waals surface area contributed by atoms with Crippen molar-refractivity contribution in [2.45, 2.75) is 0 Å². The number of nitro groups is 1. The molecule has 3 aromatic rings. The summed E-state index contributed by atoms with van der Waals surface area (Å²) in [6.07, 6.45) is 4.96. The first-order valence-corrected chi connectivity index (χ1v) is 7.83. The predicted octanol–water partition coefficient (Wildman–Crippen LogP) is 3.05. The summed E-state index contributed by atoms with van der Waals surface area (Å²) in [5.74, 6) is 0.432. The number of nitrogens with one attached hydrogen (secondary N) is 1. The largest absolute Gasteiger partial charge is 0.494 e. The number of non-ortho nitro benzene ring substituents is 1. The Labute approximate surface area is 154 Å². The van der Waals surface area contributed by atoms with Gasteiger partial charge in [0.25, 0.3) is 11.6 Å². The van der Waals surface area contributed by atoms with Gasteiger partial charge in [0.15, 0.2) is 0 Å². The molecule has 0 unspecified atom stereocenters. The molecule has 0 bridgehead atoms. The maximum Gasteiger partial charge on any atom is 0.270 e. The van der Waals surface area contributed by atoms with E-state index in [1.54, 1.807) is 35.4 Å². The number of nitro benzene ring substituents is 1. The van der Waals surface area contributed by atoms with Crippen molar-refractivity contribution >= 4 is 17.3 Å². The van der Waals surface area contributed by atoms with E-state index in [2.05, 4.69) is 10.3 Å². The average Bonchev–Trinajstić information content (AvgIpc) is 3.21. The molecule has 27 heavy (non-hydrogen) atoms. The fraction of sp³-hybridized carbons (Fsp3) is 0.111. The monoisotopic (exact) mass is 368 g/mol. The number of imidazole rings is 1. The quantitative estimate of drug-likeness (QED) is 0.529. The summed E-state index contributed by atoms with van der Waals surface area (Å²) in [5, 5.41) is 13.6. The molecule has 0 fully saturated rings. The Hall–Kier alpha value is -3.88. The third-order valence-corrected chi connectivity index (χ3v) is 3.82. The number of aromatic nitrogens is 2. The lowest BCUT2D eigenvalue weighted by molar-refractivity contribution is -0.384. The van der Waals surface area contributed by atoms with Crippen LogP contribution in [0, 0.1) is 10.1 Å². The average molecular weight is 368 g/mol. The second kappa shape index (κ2) is 7.56. The van der Waals surface area contributed by atoms with Crippen LogP contribution >= 0.6 is 0 Å². The highest BCUT2D eigenvalue weighted by atomic mass is 16.6. The van der Waals surface area contributed by atoms with Gasteiger partial charge in [0, 0.05) is 47.9 Å². The fourth-order valence-electron chi connectivity index (χ4n) is 2.58. The molecule has 0 aliphatic heterocycles. The molecule has 0 aliphatic rings. The maximum absolute atomic E-state index is 12.5. The lowest BCUT2D eigenvalue weighted by Gasteiger charge is -2.16. The molecular weight excluding hydrogens is 352 g/mol. The maximum atomic E-state index is 12.5. The normalized spacial score (nSPS) is 10.3. The number of nitrogens with zero attached hydrogens (tertiary/aromatic N) is 3. The van der Waals surface area contributed by atoms with Crippen LogP contribution in [0.3, 0.4) is 0 Å². The molecular formula is C18H16N4O5. The van der Waals surface area contributed by atoms with Gasteiger partial charge in [0.1, 0.15) is 17.2 Å². The molecule has 2 aromatic carbocycles. The molecule has 0 spiro atoms. The molecule has 138 valence electrons. The topological polar surface area (TPSA) is 109 Å². The summed E-state index contributed by atoms with van der Waals surface area (Å²) in [6.45, 7) is 0.